The molecule has 0 saturated heterocycles. The number of hydrogen-bond acceptors (Lipinski definition) is 2. The molecule has 0 aliphatic carbocycles. The Morgan fingerprint density at radius 3 is 2.57 bits per heavy atom. The molecule has 0 fully saturated rings. The summed E-state index contributed by atoms with van der Waals surface area (Å²) in [5, 5.41) is 2.95. The van der Waals surface area contributed by atoms with Crippen molar-refractivity contribution >= 4 is 5.91 Å². The van der Waals surface area contributed by atoms with E-state index in [1.165, 1.54) is 5.56 Å². The first-order valence-corrected chi connectivity index (χ1v) is 7.26. The van der Waals surface area contributed by atoms with Crippen molar-refractivity contribution in [1.29, 1.82) is 0 Å². The Hall–Kier alpha value is -2.23. The van der Waals surface area contributed by atoms with Gasteiger partial charge in [-0.1, -0.05) is 12.1 Å². The van der Waals surface area contributed by atoms with E-state index in [2.05, 4.69) is 17.6 Å². The van der Waals surface area contributed by atoms with Crippen LogP contribution < -0.4 is 10.1 Å². The second-order valence-corrected chi connectivity index (χ2v) is 5.04. The summed E-state index contributed by atoms with van der Waals surface area (Å²) >= 11 is 0. The van der Waals surface area contributed by atoms with Crippen LogP contribution in [-0.2, 0) is 24.7 Å². The highest BCUT2D eigenvalue weighted by Crippen LogP contribution is 2.12. The zero-order valence-corrected chi connectivity index (χ0v) is 12.6. The molecular formula is C17H22N2O2. The summed E-state index contributed by atoms with van der Waals surface area (Å²) in [7, 11) is 1.99. The SMILES string of the molecule is CCOc1ccc(CC(=O)NCCc2ccn(C)c2)cc1. The van der Waals surface area contributed by atoms with Crippen LogP contribution in [0.5, 0.6) is 5.75 Å². The van der Waals surface area contributed by atoms with Crippen molar-refractivity contribution < 1.29 is 9.53 Å². The minimum absolute atomic E-state index is 0.0510. The highest BCUT2D eigenvalue weighted by atomic mass is 16.5. The minimum Gasteiger partial charge on any atom is -0.494 e. The van der Waals surface area contributed by atoms with Gasteiger partial charge in [-0.2, -0.15) is 0 Å². The van der Waals surface area contributed by atoms with Gasteiger partial charge in [0.1, 0.15) is 5.75 Å². The molecule has 4 heteroatoms. The fraction of sp³-hybridized carbons (Fsp3) is 0.353. The van der Waals surface area contributed by atoms with Crippen LogP contribution >= 0.6 is 0 Å². The molecule has 0 aliphatic heterocycles. The number of amides is 1. The van der Waals surface area contributed by atoms with Crippen LogP contribution in [-0.4, -0.2) is 23.6 Å². The van der Waals surface area contributed by atoms with Gasteiger partial charge in [-0.3, -0.25) is 4.79 Å². The predicted molar refractivity (Wildman–Crippen MR) is 83.4 cm³/mol. The third-order valence-electron chi connectivity index (χ3n) is 3.23. The monoisotopic (exact) mass is 286 g/mol. The van der Waals surface area contributed by atoms with E-state index in [9.17, 15) is 4.79 Å². The molecule has 2 rings (SSSR count). The van der Waals surface area contributed by atoms with Gasteiger partial charge >= 0.3 is 0 Å². The Morgan fingerprint density at radius 1 is 1.19 bits per heavy atom. The molecule has 0 spiro atoms. The van der Waals surface area contributed by atoms with Gasteiger partial charge in [0.15, 0.2) is 0 Å². The van der Waals surface area contributed by atoms with E-state index in [1.54, 1.807) is 0 Å². The van der Waals surface area contributed by atoms with Crippen molar-refractivity contribution in [3.8, 4) is 5.75 Å². The number of rotatable bonds is 7. The summed E-state index contributed by atoms with van der Waals surface area (Å²) in [6.07, 6.45) is 5.34. The smallest absolute Gasteiger partial charge is 0.224 e. The fourth-order valence-corrected chi connectivity index (χ4v) is 2.17. The molecule has 112 valence electrons. The molecule has 0 bridgehead atoms. The topological polar surface area (TPSA) is 43.3 Å². The van der Waals surface area contributed by atoms with Gasteiger partial charge < -0.3 is 14.6 Å². The maximum atomic E-state index is 11.9. The van der Waals surface area contributed by atoms with E-state index in [-0.39, 0.29) is 5.91 Å². The first-order chi connectivity index (χ1) is 10.2. The predicted octanol–water partition coefficient (Wildman–Crippen LogP) is 2.33. The molecular weight excluding hydrogens is 264 g/mol. The Labute approximate surface area is 125 Å². The van der Waals surface area contributed by atoms with Crippen molar-refractivity contribution in [3.63, 3.8) is 0 Å². The lowest BCUT2D eigenvalue weighted by molar-refractivity contribution is -0.120. The summed E-state index contributed by atoms with van der Waals surface area (Å²) in [5.41, 5.74) is 2.23. The maximum absolute atomic E-state index is 11.9. The summed E-state index contributed by atoms with van der Waals surface area (Å²) in [4.78, 5) is 11.9. The van der Waals surface area contributed by atoms with Crippen LogP contribution in [0.2, 0.25) is 0 Å². The van der Waals surface area contributed by atoms with Crippen LogP contribution in [0.4, 0.5) is 0 Å². The molecule has 1 N–H and O–H groups in total. The van der Waals surface area contributed by atoms with Crippen molar-refractivity contribution in [2.24, 2.45) is 7.05 Å². The summed E-state index contributed by atoms with van der Waals surface area (Å²) < 4.78 is 7.39. The molecule has 0 aliphatic rings. The van der Waals surface area contributed by atoms with Crippen molar-refractivity contribution in [2.45, 2.75) is 19.8 Å². The third kappa shape index (κ3) is 4.99. The second kappa shape index (κ2) is 7.53. The van der Waals surface area contributed by atoms with Gasteiger partial charge in [0.2, 0.25) is 5.91 Å². The highest BCUT2D eigenvalue weighted by molar-refractivity contribution is 5.78. The summed E-state index contributed by atoms with van der Waals surface area (Å²) in [6.45, 7) is 3.27. The average molecular weight is 286 g/mol. The molecule has 0 saturated carbocycles. The molecule has 0 radical (unpaired) electrons. The van der Waals surface area contributed by atoms with E-state index < -0.39 is 0 Å². The molecule has 2 aromatic rings. The zero-order chi connectivity index (χ0) is 15.1. The molecule has 0 atom stereocenters. The van der Waals surface area contributed by atoms with Gasteiger partial charge in [-0.05, 0) is 42.7 Å². The Kier molecular flexibility index (Phi) is 5.43. The van der Waals surface area contributed by atoms with E-state index in [0.29, 0.717) is 19.6 Å². The second-order valence-electron chi connectivity index (χ2n) is 5.04. The van der Waals surface area contributed by atoms with Crippen LogP contribution in [0.15, 0.2) is 42.7 Å². The standard InChI is InChI=1S/C17H22N2O2/c1-3-21-16-6-4-14(5-7-16)12-17(20)18-10-8-15-9-11-19(2)13-15/h4-7,9,11,13H,3,8,10,12H2,1-2H3,(H,18,20). The number of nitrogens with zero attached hydrogens (tertiary/aromatic N) is 1. The number of hydrogen-bond donors (Lipinski definition) is 1. The number of carbonyl (C=O) groups excluding carboxylic acids is 1. The van der Waals surface area contributed by atoms with Crippen molar-refractivity contribution in [3.05, 3.63) is 53.9 Å². The molecule has 1 aromatic heterocycles. The zero-order valence-electron chi connectivity index (χ0n) is 12.6. The molecule has 0 unspecified atom stereocenters. The summed E-state index contributed by atoms with van der Waals surface area (Å²) in [6, 6.07) is 9.73. The van der Waals surface area contributed by atoms with Gasteiger partial charge in [0.25, 0.3) is 0 Å². The van der Waals surface area contributed by atoms with Crippen LogP contribution in [0.25, 0.3) is 0 Å². The van der Waals surface area contributed by atoms with E-state index in [1.807, 2.05) is 49.0 Å². The Balaban J connectivity index is 1.73. The van der Waals surface area contributed by atoms with Crippen LogP contribution in [0.3, 0.4) is 0 Å². The number of ether oxygens (including phenoxy) is 1. The summed E-state index contributed by atoms with van der Waals surface area (Å²) in [5.74, 6) is 0.890. The van der Waals surface area contributed by atoms with E-state index in [4.69, 9.17) is 4.74 Å². The van der Waals surface area contributed by atoms with Crippen LogP contribution in [0.1, 0.15) is 18.1 Å². The largest absolute Gasteiger partial charge is 0.494 e. The Morgan fingerprint density at radius 2 is 1.95 bits per heavy atom. The van der Waals surface area contributed by atoms with Gasteiger partial charge in [0.05, 0.1) is 13.0 Å². The number of nitrogens with one attached hydrogen (secondary N) is 1. The lowest BCUT2D eigenvalue weighted by atomic mass is 10.1. The van der Waals surface area contributed by atoms with Gasteiger partial charge in [-0.25, -0.2) is 0 Å². The first kappa shape index (κ1) is 15.2. The minimum atomic E-state index is 0.0510. The molecule has 4 nitrogen and oxygen atoms in total. The van der Waals surface area contributed by atoms with Gasteiger partial charge in [-0.15, -0.1) is 0 Å². The quantitative estimate of drug-likeness (QED) is 0.849. The lowest BCUT2D eigenvalue weighted by Crippen LogP contribution is -2.27. The first-order valence-electron chi connectivity index (χ1n) is 7.26. The number of carbonyl (C=O) groups is 1. The highest BCUT2D eigenvalue weighted by Gasteiger charge is 2.04. The molecule has 1 aromatic carbocycles. The fourth-order valence-electron chi connectivity index (χ4n) is 2.17. The van der Waals surface area contributed by atoms with Crippen LogP contribution in [0, 0.1) is 0 Å². The average Bonchev–Trinajstić information content (AvgIpc) is 2.87. The van der Waals surface area contributed by atoms with Crippen molar-refractivity contribution in [1.82, 2.24) is 9.88 Å². The molecule has 1 amide bonds. The maximum Gasteiger partial charge on any atom is 0.224 e. The van der Waals surface area contributed by atoms with E-state index >= 15 is 0 Å². The lowest BCUT2D eigenvalue weighted by Gasteiger charge is -2.06. The van der Waals surface area contributed by atoms with E-state index in [0.717, 1.165) is 17.7 Å². The normalized spacial score (nSPS) is 10.4. The molecule has 21 heavy (non-hydrogen) atoms. The molecule has 1 heterocycles. The van der Waals surface area contributed by atoms with Crippen molar-refractivity contribution in [2.75, 3.05) is 13.2 Å². The third-order valence-corrected chi connectivity index (χ3v) is 3.23. The number of benzene rings is 1. The van der Waals surface area contributed by atoms with Gasteiger partial charge in [0, 0.05) is 26.0 Å². The Bertz CT molecular complexity index is 573. The number of aromatic nitrogens is 1. The number of aryl methyl sites for hydroxylation is 1.